The van der Waals surface area contributed by atoms with Gasteiger partial charge in [-0.3, -0.25) is 10.2 Å². The predicted molar refractivity (Wildman–Crippen MR) is 64.6 cm³/mol. The molecule has 0 spiro atoms. The van der Waals surface area contributed by atoms with Crippen molar-refractivity contribution in [3.8, 4) is 5.75 Å². The first-order chi connectivity index (χ1) is 7.58. The molecule has 1 aromatic carbocycles. The van der Waals surface area contributed by atoms with Gasteiger partial charge >= 0.3 is 0 Å². The van der Waals surface area contributed by atoms with Crippen LogP contribution in [0.2, 0.25) is 0 Å². The number of hydrogen-bond acceptors (Lipinski definition) is 4. The van der Waals surface area contributed by atoms with Gasteiger partial charge in [-0.2, -0.15) is 0 Å². The van der Waals surface area contributed by atoms with Gasteiger partial charge in [0.25, 0.3) is 0 Å². The van der Waals surface area contributed by atoms with Gasteiger partial charge in [0.15, 0.2) is 0 Å². The molecule has 1 unspecified atom stereocenters. The Kier molecular flexibility index (Phi) is 4.72. The molecule has 5 N–H and O–H groups in total. The predicted octanol–water partition coefficient (Wildman–Crippen LogP) is 0.838. The van der Waals surface area contributed by atoms with Crippen LogP contribution in [-0.4, -0.2) is 13.0 Å². The van der Waals surface area contributed by atoms with Crippen LogP contribution < -0.4 is 21.7 Å². The Labute approximate surface area is 102 Å². The molecule has 16 heavy (non-hydrogen) atoms. The first-order valence-electron chi connectivity index (χ1n) is 4.67. The number of hydrogen-bond donors (Lipinski definition) is 3. The van der Waals surface area contributed by atoms with Crippen molar-refractivity contribution < 1.29 is 9.53 Å². The number of nitrogens with one attached hydrogen (secondary N) is 1. The van der Waals surface area contributed by atoms with E-state index < -0.39 is 0 Å². The highest BCUT2D eigenvalue weighted by Crippen LogP contribution is 2.28. The normalized spacial score (nSPS) is 12.0. The van der Waals surface area contributed by atoms with Crippen molar-refractivity contribution in [3.63, 3.8) is 0 Å². The Morgan fingerprint density at radius 2 is 2.31 bits per heavy atom. The van der Waals surface area contributed by atoms with Gasteiger partial charge < -0.3 is 10.5 Å². The molecule has 0 radical (unpaired) electrons. The lowest BCUT2D eigenvalue weighted by molar-refractivity contribution is -0.121. The highest BCUT2D eigenvalue weighted by atomic mass is 79.9. The quantitative estimate of drug-likeness (QED) is 0.435. The van der Waals surface area contributed by atoms with E-state index in [-0.39, 0.29) is 18.4 Å². The smallest absolute Gasteiger partial charge is 0.235 e. The van der Waals surface area contributed by atoms with Gasteiger partial charge in [0.1, 0.15) is 5.75 Å². The Bertz CT molecular complexity index is 384. The maximum Gasteiger partial charge on any atom is 0.235 e. The topological polar surface area (TPSA) is 90.4 Å². The zero-order valence-corrected chi connectivity index (χ0v) is 10.5. The summed E-state index contributed by atoms with van der Waals surface area (Å²) in [6.07, 6.45) is 0.148. The van der Waals surface area contributed by atoms with Crippen molar-refractivity contribution >= 4 is 21.8 Å². The number of carbonyl (C=O) groups excluding carboxylic acids is 1. The van der Waals surface area contributed by atoms with E-state index in [1.807, 2.05) is 17.6 Å². The highest BCUT2D eigenvalue weighted by molar-refractivity contribution is 9.10. The number of hydrazine groups is 1. The fraction of sp³-hybridized carbons (Fsp3) is 0.300. The number of amides is 1. The third-order valence-corrected chi connectivity index (χ3v) is 2.79. The molecule has 0 fully saturated rings. The zero-order valence-electron chi connectivity index (χ0n) is 8.87. The molecule has 0 aliphatic heterocycles. The van der Waals surface area contributed by atoms with Crippen molar-refractivity contribution in [2.45, 2.75) is 12.5 Å². The van der Waals surface area contributed by atoms with Gasteiger partial charge in [-0.05, 0) is 33.6 Å². The second-order valence-corrected chi connectivity index (χ2v) is 4.13. The van der Waals surface area contributed by atoms with Crippen LogP contribution in [0.1, 0.15) is 18.0 Å². The lowest BCUT2D eigenvalue weighted by atomic mass is 10.0. The maximum absolute atomic E-state index is 11.1. The minimum Gasteiger partial charge on any atom is -0.496 e. The summed E-state index contributed by atoms with van der Waals surface area (Å²) in [4.78, 5) is 11.1. The lowest BCUT2D eigenvalue weighted by Gasteiger charge is -2.12. The molecule has 0 saturated carbocycles. The summed E-state index contributed by atoms with van der Waals surface area (Å²) in [6.45, 7) is 0. The third-order valence-electron chi connectivity index (χ3n) is 2.17. The summed E-state index contributed by atoms with van der Waals surface area (Å²) < 4.78 is 5.90. The molecular weight excluding hydrogens is 274 g/mol. The van der Waals surface area contributed by atoms with Gasteiger partial charge in [-0.1, -0.05) is 6.07 Å². The average Bonchev–Trinajstić information content (AvgIpc) is 2.28. The molecule has 5 nitrogen and oxygen atoms in total. The Morgan fingerprint density at radius 1 is 1.62 bits per heavy atom. The fourth-order valence-electron chi connectivity index (χ4n) is 1.29. The van der Waals surface area contributed by atoms with Crippen molar-refractivity contribution in [3.05, 3.63) is 28.2 Å². The van der Waals surface area contributed by atoms with E-state index in [0.717, 1.165) is 15.8 Å². The number of methoxy groups -OCH3 is 1. The number of benzene rings is 1. The van der Waals surface area contributed by atoms with Crippen LogP contribution in [-0.2, 0) is 4.79 Å². The molecule has 1 atom stereocenters. The second-order valence-electron chi connectivity index (χ2n) is 3.27. The second kappa shape index (κ2) is 5.83. The molecule has 0 saturated heterocycles. The van der Waals surface area contributed by atoms with Gasteiger partial charge in [-0.15, -0.1) is 0 Å². The summed E-state index contributed by atoms with van der Waals surface area (Å²) in [6, 6.07) is 5.05. The summed E-state index contributed by atoms with van der Waals surface area (Å²) in [5.41, 5.74) is 8.75. The lowest BCUT2D eigenvalue weighted by Crippen LogP contribution is -2.32. The van der Waals surface area contributed by atoms with E-state index >= 15 is 0 Å². The zero-order chi connectivity index (χ0) is 12.1. The number of ether oxygens (including phenoxy) is 1. The van der Waals surface area contributed by atoms with Crippen LogP contribution in [0.3, 0.4) is 0 Å². The SMILES string of the molecule is COc1ccc(C(N)CC(=O)NN)cc1Br. The minimum atomic E-state index is -0.384. The molecule has 88 valence electrons. The molecular formula is C10H14BrN3O2. The first-order valence-corrected chi connectivity index (χ1v) is 5.46. The molecule has 0 aromatic heterocycles. The molecule has 0 bridgehead atoms. The third kappa shape index (κ3) is 3.19. The summed E-state index contributed by atoms with van der Waals surface area (Å²) >= 11 is 3.35. The molecule has 1 aromatic rings. The maximum atomic E-state index is 11.1. The van der Waals surface area contributed by atoms with Crippen molar-refractivity contribution in [1.82, 2.24) is 5.43 Å². The van der Waals surface area contributed by atoms with E-state index in [2.05, 4.69) is 15.9 Å². The fourth-order valence-corrected chi connectivity index (χ4v) is 1.85. The van der Waals surface area contributed by atoms with Gasteiger partial charge in [0, 0.05) is 12.5 Å². The van der Waals surface area contributed by atoms with Crippen molar-refractivity contribution in [2.75, 3.05) is 7.11 Å². The molecule has 0 heterocycles. The summed E-state index contributed by atoms with van der Waals surface area (Å²) in [7, 11) is 1.58. The van der Waals surface area contributed by atoms with Crippen LogP contribution in [0.4, 0.5) is 0 Å². The molecule has 0 aliphatic rings. The Morgan fingerprint density at radius 3 is 2.81 bits per heavy atom. The van der Waals surface area contributed by atoms with E-state index in [9.17, 15) is 4.79 Å². The van der Waals surface area contributed by atoms with Gasteiger partial charge in [0.2, 0.25) is 5.91 Å². The molecule has 1 rings (SSSR count). The Balaban J connectivity index is 2.80. The van der Waals surface area contributed by atoms with Crippen LogP contribution in [0, 0.1) is 0 Å². The van der Waals surface area contributed by atoms with E-state index in [1.165, 1.54) is 0 Å². The largest absolute Gasteiger partial charge is 0.496 e. The van der Waals surface area contributed by atoms with Crippen LogP contribution in [0.15, 0.2) is 22.7 Å². The summed E-state index contributed by atoms with van der Waals surface area (Å²) in [5.74, 6) is 5.42. The summed E-state index contributed by atoms with van der Waals surface area (Å²) in [5, 5.41) is 0. The van der Waals surface area contributed by atoms with Crippen LogP contribution in [0.25, 0.3) is 0 Å². The molecule has 1 amide bonds. The van der Waals surface area contributed by atoms with Crippen molar-refractivity contribution in [2.24, 2.45) is 11.6 Å². The van der Waals surface area contributed by atoms with Crippen molar-refractivity contribution in [1.29, 1.82) is 0 Å². The molecule has 6 heteroatoms. The number of carbonyl (C=O) groups is 1. The van der Waals surface area contributed by atoms with E-state index in [0.29, 0.717) is 0 Å². The minimum absolute atomic E-state index is 0.148. The van der Waals surface area contributed by atoms with Crippen LogP contribution in [0.5, 0.6) is 5.75 Å². The van der Waals surface area contributed by atoms with Crippen LogP contribution >= 0.6 is 15.9 Å². The molecule has 0 aliphatic carbocycles. The highest BCUT2D eigenvalue weighted by Gasteiger charge is 2.12. The average molecular weight is 288 g/mol. The first kappa shape index (κ1) is 13.0. The van der Waals surface area contributed by atoms with Gasteiger partial charge in [0.05, 0.1) is 11.6 Å². The number of nitrogens with two attached hydrogens (primary N) is 2. The Hall–Kier alpha value is -1.11. The monoisotopic (exact) mass is 287 g/mol. The van der Waals surface area contributed by atoms with E-state index in [1.54, 1.807) is 13.2 Å². The van der Waals surface area contributed by atoms with E-state index in [4.69, 9.17) is 16.3 Å². The number of halogens is 1. The number of rotatable bonds is 4. The standard InChI is InChI=1S/C10H14BrN3O2/c1-16-9-3-2-6(4-7(9)11)8(12)5-10(15)14-13/h2-4,8H,5,12-13H2,1H3,(H,14,15). The van der Waals surface area contributed by atoms with Gasteiger partial charge in [-0.25, -0.2) is 5.84 Å².